The van der Waals surface area contributed by atoms with Crippen molar-refractivity contribution in [3.63, 3.8) is 0 Å². The second-order valence-corrected chi connectivity index (χ2v) is 3.26. The van der Waals surface area contributed by atoms with Gasteiger partial charge in [0.25, 0.3) is 0 Å². The summed E-state index contributed by atoms with van der Waals surface area (Å²) in [6, 6.07) is 7.46. The predicted octanol–water partition coefficient (Wildman–Crippen LogP) is 2.38. The van der Waals surface area contributed by atoms with Crippen LogP contribution in [0.4, 0.5) is 0 Å². The van der Waals surface area contributed by atoms with Gasteiger partial charge in [-0.05, 0) is 24.6 Å². The largest absolute Gasteiger partial charge is 0.380 e. The van der Waals surface area contributed by atoms with E-state index in [4.69, 9.17) is 22.1 Å². The van der Waals surface area contributed by atoms with Crippen LogP contribution in [0, 0.1) is 0 Å². The van der Waals surface area contributed by atoms with Gasteiger partial charge in [0.15, 0.2) is 0 Å². The van der Waals surface area contributed by atoms with Crippen molar-refractivity contribution < 1.29 is 4.74 Å². The molecule has 1 aromatic carbocycles. The minimum absolute atomic E-state index is 0.0846. The van der Waals surface area contributed by atoms with Crippen LogP contribution in [0.25, 0.3) is 0 Å². The van der Waals surface area contributed by atoms with E-state index in [0.29, 0.717) is 18.2 Å². The maximum absolute atomic E-state index is 5.87. The predicted molar refractivity (Wildman–Crippen MR) is 54.9 cm³/mol. The van der Waals surface area contributed by atoms with Crippen LogP contribution in [-0.2, 0) is 4.74 Å². The molecule has 1 atom stereocenters. The van der Waals surface area contributed by atoms with E-state index in [1.807, 2.05) is 31.2 Å². The Balaban J connectivity index is 2.60. The Morgan fingerprint density at radius 3 is 2.92 bits per heavy atom. The van der Waals surface area contributed by atoms with Gasteiger partial charge in [-0.15, -0.1) is 0 Å². The van der Waals surface area contributed by atoms with Crippen LogP contribution in [-0.4, -0.2) is 13.2 Å². The highest BCUT2D eigenvalue weighted by Gasteiger charge is 2.05. The summed E-state index contributed by atoms with van der Waals surface area (Å²) in [6.45, 7) is 3.18. The van der Waals surface area contributed by atoms with Crippen molar-refractivity contribution in [1.82, 2.24) is 0 Å². The molecule has 0 fully saturated rings. The summed E-state index contributed by atoms with van der Waals surface area (Å²) in [5.74, 6) is 0. The summed E-state index contributed by atoms with van der Waals surface area (Å²) in [4.78, 5) is 0. The van der Waals surface area contributed by atoms with Crippen LogP contribution in [0.5, 0.6) is 0 Å². The third kappa shape index (κ3) is 3.35. The molecule has 0 heterocycles. The van der Waals surface area contributed by atoms with Crippen LogP contribution in [0.15, 0.2) is 24.3 Å². The van der Waals surface area contributed by atoms with E-state index in [2.05, 4.69) is 0 Å². The van der Waals surface area contributed by atoms with E-state index in [1.54, 1.807) is 0 Å². The van der Waals surface area contributed by atoms with Crippen molar-refractivity contribution in [3.05, 3.63) is 34.9 Å². The van der Waals surface area contributed by atoms with Crippen LogP contribution in [0.3, 0.4) is 0 Å². The summed E-state index contributed by atoms with van der Waals surface area (Å²) in [5, 5.41) is 0.712. The molecular formula is C10H14ClNO. The summed E-state index contributed by atoms with van der Waals surface area (Å²) >= 11 is 5.83. The SMILES string of the molecule is CCOCC(N)c1cccc(Cl)c1. The van der Waals surface area contributed by atoms with Gasteiger partial charge in [0, 0.05) is 11.6 Å². The lowest BCUT2D eigenvalue weighted by Crippen LogP contribution is -2.16. The van der Waals surface area contributed by atoms with Crippen LogP contribution >= 0.6 is 11.6 Å². The van der Waals surface area contributed by atoms with E-state index in [1.165, 1.54) is 0 Å². The fourth-order valence-electron chi connectivity index (χ4n) is 1.08. The molecule has 0 aliphatic rings. The van der Waals surface area contributed by atoms with Crippen LogP contribution in [0.1, 0.15) is 18.5 Å². The van der Waals surface area contributed by atoms with Crippen molar-refractivity contribution in [3.8, 4) is 0 Å². The average Bonchev–Trinajstić information content (AvgIpc) is 2.14. The molecule has 72 valence electrons. The maximum atomic E-state index is 5.87. The smallest absolute Gasteiger partial charge is 0.0659 e. The van der Waals surface area contributed by atoms with Gasteiger partial charge in [-0.1, -0.05) is 23.7 Å². The first-order chi connectivity index (χ1) is 6.24. The molecule has 0 spiro atoms. The molecule has 13 heavy (non-hydrogen) atoms. The van der Waals surface area contributed by atoms with E-state index in [-0.39, 0.29) is 6.04 Å². The van der Waals surface area contributed by atoms with Crippen LogP contribution in [0.2, 0.25) is 5.02 Å². The molecule has 2 nitrogen and oxygen atoms in total. The zero-order valence-electron chi connectivity index (χ0n) is 7.66. The van der Waals surface area contributed by atoms with Gasteiger partial charge in [-0.25, -0.2) is 0 Å². The highest BCUT2D eigenvalue weighted by molar-refractivity contribution is 6.30. The normalized spacial score (nSPS) is 12.8. The Hall–Kier alpha value is -0.570. The first kappa shape index (κ1) is 10.5. The number of hydrogen-bond acceptors (Lipinski definition) is 2. The number of halogens is 1. The molecule has 0 aromatic heterocycles. The zero-order valence-corrected chi connectivity index (χ0v) is 8.42. The van der Waals surface area contributed by atoms with Gasteiger partial charge in [0.05, 0.1) is 12.6 Å². The summed E-state index contributed by atoms with van der Waals surface area (Å²) in [7, 11) is 0. The second-order valence-electron chi connectivity index (χ2n) is 2.82. The topological polar surface area (TPSA) is 35.2 Å². The van der Waals surface area contributed by atoms with Crippen molar-refractivity contribution in [2.75, 3.05) is 13.2 Å². The van der Waals surface area contributed by atoms with E-state index < -0.39 is 0 Å². The highest BCUT2D eigenvalue weighted by atomic mass is 35.5. The standard InChI is InChI=1S/C10H14ClNO/c1-2-13-7-10(12)8-4-3-5-9(11)6-8/h3-6,10H,2,7,12H2,1H3. The summed E-state index contributed by atoms with van der Waals surface area (Å²) in [5.41, 5.74) is 6.88. The Bertz CT molecular complexity index is 265. The lowest BCUT2D eigenvalue weighted by atomic mass is 10.1. The molecule has 1 rings (SSSR count). The van der Waals surface area contributed by atoms with Gasteiger partial charge in [-0.2, -0.15) is 0 Å². The fourth-order valence-corrected chi connectivity index (χ4v) is 1.28. The van der Waals surface area contributed by atoms with E-state index in [0.717, 1.165) is 5.56 Å². The van der Waals surface area contributed by atoms with Crippen LogP contribution < -0.4 is 5.73 Å². The first-order valence-electron chi connectivity index (χ1n) is 4.33. The molecule has 2 N–H and O–H groups in total. The molecule has 1 aromatic rings. The summed E-state index contributed by atoms with van der Waals surface area (Å²) < 4.78 is 5.22. The number of benzene rings is 1. The third-order valence-corrected chi connectivity index (χ3v) is 2.01. The number of nitrogens with two attached hydrogens (primary N) is 1. The monoisotopic (exact) mass is 199 g/mol. The Labute approximate surface area is 83.6 Å². The Morgan fingerprint density at radius 1 is 1.54 bits per heavy atom. The highest BCUT2D eigenvalue weighted by Crippen LogP contribution is 2.16. The fraction of sp³-hybridized carbons (Fsp3) is 0.400. The quantitative estimate of drug-likeness (QED) is 0.808. The van der Waals surface area contributed by atoms with Crippen molar-refractivity contribution >= 4 is 11.6 Å². The number of ether oxygens (including phenoxy) is 1. The number of rotatable bonds is 4. The minimum atomic E-state index is -0.0846. The molecule has 0 bridgehead atoms. The van der Waals surface area contributed by atoms with Gasteiger partial charge >= 0.3 is 0 Å². The van der Waals surface area contributed by atoms with Gasteiger partial charge in [0.1, 0.15) is 0 Å². The van der Waals surface area contributed by atoms with Gasteiger partial charge in [-0.3, -0.25) is 0 Å². The second kappa shape index (κ2) is 5.22. The van der Waals surface area contributed by atoms with E-state index in [9.17, 15) is 0 Å². The molecular weight excluding hydrogens is 186 g/mol. The van der Waals surface area contributed by atoms with E-state index >= 15 is 0 Å². The molecule has 0 aliphatic heterocycles. The lowest BCUT2D eigenvalue weighted by Gasteiger charge is -2.11. The average molecular weight is 200 g/mol. The lowest BCUT2D eigenvalue weighted by molar-refractivity contribution is 0.133. The molecule has 0 saturated heterocycles. The molecule has 0 saturated carbocycles. The molecule has 0 aliphatic carbocycles. The minimum Gasteiger partial charge on any atom is -0.380 e. The molecule has 0 radical (unpaired) electrons. The summed E-state index contributed by atoms with van der Waals surface area (Å²) in [6.07, 6.45) is 0. The van der Waals surface area contributed by atoms with Crippen molar-refractivity contribution in [2.45, 2.75) is 13.0 Å². The molecule has 1 unspecified atom stereocenters. The Morgan fingerprint density at radius 2 is 2.31 bits per heavy atom. The molecule has 0 amide bonds. The third-order valence-electron chi connectivity index (χ3n) is 1.78. The van der Waals surface area contributed by atoms with Crippen molar-refractivity contribution in [2.24, 2.45) is 5.73 Å². The van der Waals surface area contributed by atoms with Gasteiger partial charge in [0.2, 0.25) is 0 Å². The zero-order chi connectivity index (χ0) is 9.68. The number of hydrogen-bond donors (Lipinski definition) is 1. The Kier molecular flexibility index (Phi) is 4.22. The first-order valence-corrected chi connectivity index (χ1v) is 4.70. The maximum Gasteiger partial charge on any atom is 0.0659 e. The van der Waals surface area contributed by atoms with Gasteiger partial charge < -0.3 is 10.5 Å². The van der Waals surface area contributed by atoms with Crippen molar-refractivity contribution in [1.29, 1.82) is 0 Å². The molecule has 3 heteroatoms.